The highest BCUT2D eigenvalue weighted by Crippen LogP contribution is 2.26. The van der Waals surface area contributed by atoms with Gasteiger partial charge in [-0.3, -0.25) is 14.0 Å². The maximum atomic E-state index is 12.5. The molecule has 1 unspecified atom stereocenters. The van der Waals surface area contributed by atoms with Gasteiger partial charge in [-0.15, -0.1) is 0 Å². The predicted octanol–water partition coefficient (Wildman–Crippen LogP) is 1.48. The number of imide groups is 1. The Balaban J connectivity index is 2.29. The van der Waals surface area contributed by atoms with Crippen molar-refractivity contribution in [2.45, 2.75) is 12.6 Å². The lowest BCUT2D eigenvalue weighted by Gasteiger charge is -2.24. The molecule has 5 nitrogen and oxygen atoms in total. The van der Waals surface area contributed by atoms with Crippen LogP contribution in [0.3, 0.4) is 0 Å². The smallest absolute Gasteiger partial charge is 0.339 e. The zero-order valence-corrected chi connectivity index (χ0v) is 10.3. The molecule has 0 radical (unpaired) electrons. The van der Waals surface area contributed by atoms with Crippen molar-refractivity contribution < 1.29 is 27.9 Å². The molecule has 7 heteroatoms. The first-order valence-corrected chi connectivity index (χ1v) is 5.88. The van der Waals surface area contributed by atoms with Crippen molar-refractivity contribution in [3.05, 3.63) is 35.4 Å². The summed E-state index contributed by atoms with van der Waals surface area (Å²) in [6.07, 6.45) is -1.83. The minimum atomic E-state index is -1.43. The van der Waals surface area contributed by atoms with Crippen LogP contribution in [0.2, 0.25) is 0 Å². The first-order valence-electron chi connectivity index (χ1n) is 5.88. The van der Waals surface area contributed by atoms with Crippen molar-refractivity contribution in [1.82, 2.24) is 4.90 Å². The van der Waals surface area contributed by atoms with Crippen LogP contribution < -0.4 is 0 Å². The molecule has 0 spiro atoms. The van der Waals surface area contributed by atoms with Crippen molar-refractivity contribution >= 4 is 17.8 Å². The van der Waals surface area contributed by atoms with Crippen molar-refractivity contribution in [2.75, 3.05) is 13.3 Å². The molecule has 2 rings (SSSR count). The Labute approximate surface area is 113 Å². The molecular weight excluding hydrogens is 272 g/mol. The summed E-state index contributed by atoms with van der Waals surface area (Å²) in [6.45, 7) is -2.33. The number of halogens is 2. The van der Waals surface area contributed by atoms with Gasteiger partial charge in [-0.1, -0.05) is 12.1 Å². The first kappa shape index (κ1) is 14.1. The molecule has 2 amide bonds. The highest BCUT2D eigenvalue weighted by molar-refractivity contribution is 6.21. The second-order valence-electron chi connectivity index (χ2n) is 4.08. The first-order chi connectivity index (χ1) is 9.60. The number of ether oxygens (including phenoxy) is 1. The third kappa shape index (κ3) is 2.38. The molecule has 0 fully saturated rings. The summed E-state index contributed by atoms with van der Waals surface area (Å²) < 4.78 is 29.3. The Morgan fingerprint density at radius 1 is 1.15 bits per heavy atom. The highest BCUT2D eigenvalue weighted by atomic mass is 19.1. The van der Waals surface area contributed by atoms with Crippen LogP contribution in [0.4, 0.5) is 8.78 Å². The number of amides is 2. The molecule has 0 saturated heterocycles. The molecule has 1 aromatic carbocycles. The van der Waals surface area contributed by atoms with E-state index in [1.54, 1.807) is 12.1 Å². The van der Waals surface area contributed by atoms with Gasteiger partial charge in [0, 0.05) is 6.42 Å². The molecule has 1 aliphatic heterocycles. The summed E-state index contributed by atoms with van der Waals surface area (Å²) in [7, 11) is 0. The van der Waals surface area contributed by atoms with Crippen LogP contribution in [0.5, 0.6) is 0 Å². The summed E-state index contributed by atoms with van der Waals surface area (Å²) in [5.41, 5.74) is 0.301. The summed E-state index contributed by atoms with van der Waals surface area (Å²) >= 11 is 0. The van der Waals surface area contributed by atoms with Crippen molar-refractivity contribution in [2.24, 2.45) is 0 Å². The lowest BCUT2D eigenvalue weighted by Crippen LogP contribution is -2.43. The largest absolute Gasteiger partial charge is 0.439 e. The predicted molar refractivity (Wildman–Crippen MR) is 63.4 cm³/mol. The Bertz CT molecular complexity index is 526. The third-order valence-electron chi connectivity index (χ3n) is 2.85. The minimum absolute atomic E-state index is 0.151. The molecule has 0 aliphatic carbocycles. The maximum Gasteiger partial charge on any atom is 0.339 e. The highest BCUT2D eigenvalue weighted by Gasteiger charge is 2.41. The average molecular weight is 283 g/mol. The van der Waals surface area contributed by atoms with Gasteiger partial charge < -0.3 is 4.74 Å². The van der Waals surface area contributed by atoms with Crippen LogP contribution in [0, 0.1) is 0 Å². The van der Waals surface area contributed by atoms with E-state index in [9.17, 15) is 23.2 Å². The number of rotatable bonds is 5. The van der Waals surface area contributed by atoms with E-state index in [2.05, 4.69) is 4.74 Å². The van der Waals surface area contributed by atoms with Crippen molar-refractivity contribution in [1.29, 1.82) is 0 Å². The molecule has 0 saturated carbocycles. The second-order valence-corrected chi connectivity index (χ2v) is 4.08. The number of fused-ring (bicyclic) bond motifs is 1. The minimum Gasteiger partial charge on any atom is -0.439 e. The molecule has 1 aromatic rings. The van der Waals surface area contributed by atoms with Gasteiger partial charge in [0.1, 0.15) is 0 Å². The number of hydrogen-bond donors (Lipinski definition) is 0. The number of alkyl halides is 2. The molecule has 106 valence electrons. The van der Waals surface area contributed by atoms with Crippen LogP contribution in [-0.4, -0.2) is 42.3 Å². The summed E-state index contributed by atoms with van der Waals surface area (Å²) in [4.78, 5) is 35.8. The van der Waals surface area contributed by atoms with E-state index >= 15 is 0 Å². The molecule has 20 heavy (non-hydrogen) atoms. The number of hydrogen-bond acceptors (Lipinski definition) is 4. The zero-order chi connectivity index (χ0) is 14.7. The molecule has 1 atom stereocenters. The summed E-state index contributed by atoms with van der Waals surface area (Å²) in [6, 6.07) is 6.04. The van der Waals surface area contributed by atoms with Crippen LogP contribution in [0.15, 0.2) is 24.3 Å². The second kappa shape index (κ2) is 5.77. The normalized spacial score (nSPS) is 15.2. The molecular formula is C13H11F2NO4. The fraction of sp³-hybridized carbons (Fsp3) is 0.308. The number of esters is 1. The lowest BCUT2D eigenvalue weighted by atomic mass is 10.1. The van der Waals surface area contributed by atoms with Gasteiger partial charge in [-0.05, 0) is 12.1 Å². The van der Waals surface area contributed by atoms with Crippen LogP contribution in [0.25, 0.3) is 0 Å². The maximum absolute atomic E-state index is 12.5. The molecule has 0 N–H and O–H groups in total. The lowest BCUT2D eigenvalue weighted by molar-refractivity contribution is -0.156. The van der Waals surface area contributed by atoms with E-state index in [1.807, 2.05) is 0 Å². The topological polar surface area (TPSA) is 63.7 Å². The van der Waals surface area contributed by atoms with E-state index in [-0.39, 0.29) is 11.1 Å². The van der Waals surface area contributed by atoms with E-state index in [0.717, 1.165) is 0 Å². The van der Waals surface area contributed by atoms with Crippen molar-refractivity contribution in [3.8, 4) is 0 Å². The Morgan fingerprint density at radius 2 is 1.70 bits per heavy atom. The Morgan fingerprint density at radius 3 is 2.15 bits per heavy atom. The van der Waals surface area contributed by atoms with Crippen LogP contribution in [-0.2, 0) is 9.53 Å². The Kier molecular flexibility index (Phi) is 4.07. The van der Waals surface area contributed by atoms with E-state index in [4.69, 9.17) is 0 Å². The number of carbonyl (C=O) groups excluding carboxylic acids is 3. The molecule has 0 aromatic heterocycles. The zero-order valence-electron chi connectivity index (χ0n) is 10.3. The molecule has 1 heterocycles. The summed E-state index contributed by atoms with van der Waals surface area (Å²) in [5.74, 6) is -2.62. The average Bonchev–Trinajstić information content (AvgIpc) is 2.71. The van der Waals surface area contributed by atoms with Gasteiger partial charge in [0.05, 0.1) is 17.8 Å². The summed E-state index contributed by atoms with van der Waals surface area (Å²) in [5, 5.41) is 0. The fourth-order valence-corrected chi connectivity index (χ4v) is 1.99. The van der Waals surface area contributed by atoms with Gasteiger partial charge >= 0.3 is 5.97 Å². The van der Waals surface area contributed by atoms with Gasteiger partial charge in [-0.2, -0.15) is 0 Å². The van der Waals surface area contributed by atoms with E-state index < -0.39 is 43.8 Å². The van der Waals surface area contributed by atoms with E-state index in [1.165, 1.54) is 12.1 Å². The number of nitrogens with zero attached hydrogens (tertiary/aromatic N) is 1. The van der Waals surface area contributed by atoms with Gasteiger partial charge in [-0.25, -0.2) is 14.1 Å². The van der Waals surface area contributed by atoms with Crippen LogP contribution in [0.1, 0.15) is 27.1 Å². The van der Waals surface area contributed by atoms with Gasteiger partial charge in [0.15, 0.2) is 12.9 Å². The van der Waals surface area contributed by atoms with E-state index in [0.29, 0.717) is 4.90 Å². The third-order valence-corrected chi connectivity index (χ3v) is 2.85. The van der Waals surface area contributed by atoms with Gasteiger partial charge in [0.25, 0.3) is 11.8 Å². The molecule has 0 bridgehead atoms. The number of carbonyl (C=O) groups is 3. The van der Waals surface area contributed by atoms with Crippen LogP contribution >= 0.6 is 0 Å². The monoisotopic (exact) mass is 283 g/mol. The standard InChI is InChI=1S/C13H11F2NO4/c14-6-5-10(20-11(17)7-15)16-12(18)8-3-1-2-4-9(8)13(16)19/h1-4,10H,5-7H2. The molecule has 1 aliphatic rings. The Hall–Kier alpha value is -2.31. The quantitative estimate of drug-likeness (QED) is 0.606. The van der Waals surface area contributed by atoms with Gasteiger partial charge in [0.2, 0.25) is 0 Å². The van der Waals surface area contributed by atoms with Crippen molar-refractivity contribution in [3.63, 3.8) is 0 Å². The fourth-order valence-electron chi connectivity index (χ4n) is 1.99. The number of benzene rings is 1. The SMILES string of the molecule is O=C(CF)OC(CCF)N1C(=O)c2ccccc2C1=O.